The molecule has 0 bridgehead atoms. The van der Waals surface area contributed by atoms with Crippen LogP contribution in [0.25, 0.3) is 0 Å². The highest BCUT2D eigenvalue weighted by Crippen LogP contribution is 2.25. The fourth-order valence-corrected chi connectivity index (χ4v) is 1.79. The molecule has 0 spiro atoms. The lowest BCUT2D eigenvalue weighted by Gasteiger charge is -2.21. The monoisotopic (exact) mass is 207 g/mol. The van der Waals surface area contributed by atoms with Crippen molar-refractivity contribution in [2.24, 2.45) is 10.8 Å². The Kier molecular flexibility index (Phi) is 2.58. The van der Waals surface area contributed by atoms with Crippen LogP contribution < -0.4 is 10.7 Å². The van der Waals surface area contributed by atoms with E-state index in [4.69, 9.17) is 5.73 Å². The van der Waals surface area contributed by atoms with E-state index < -0.39 is 0 Å². The normalized spacial score (nSPS) is 20.5. The number of benzene rings is 1. The maximum atomic E-state index is 13.0. The first-order chi connectivity index (χ1) is 7.20. The summed E-state index contributed by atoms with van der Waals surface area (Å²) in [5.41, 5.74) is 6.45. The largest absolute Gasteiger partial charge is 0.386 e. The van der Waals surface area contributed by atoms with E-state index in [0.717, 1.165) is 18.5 Å². The van der Waals surface area contributed by atoms with Crippen molar-refractivity contribution in [2.45, 2.75) is 25.8 Å². The number of nitrogens with two attached hydrogens (primary N) is 1. The maximum Gasteiger partial charge on any atom is 0.125 e. The van der Waals surface area contributed by atoms with Gasteiger partial charge in [-0.05, 0) is 24.6 Å². The summed E-state index contributed by atoms with van der Waals surface area (Å²) in [5.74, 6) is 0.370. The molecule has 1 atom stereocenters. The Labute approximate surface area is 88.4 Å². The molecule has 2 N–H and O–H groups in total. The van der Waals surface area contributed by atoms with Gasteiger partial charge in [-0.25, -0.2) is 4.39 Å². The highest BCUT2D eigenvalue weighted by molar-refractivity contribution is 5.85. The van der Waals surface area contributed by atoms with Crippen molar-refractivity contribution in [2.75, 3.05) is 5.01 Å². The Morgan fingerprint density at radius 3 is 3.07 bits per heavy atom. The minimum Gasteiger partial charge on any atom is -0.386 e. The first-order valence-electron chi connectivity index (χ1n) is 5.08. The number of hydrazone groups is 1. The van der Waals surface area contributed by atoms with Crippen molar-refractivity contribution >= 4 is 11.5 Å². The van der Waals surface area contributed by atoms with Crippen LogP contribution in [0.15, 0.2) is 29.4 Å². The fourth-order valence-electron chi connectivity index (χ4n) is 1.79. The van der Waals surface area contributed by atoms with Crippen molar-refractivity contribution in [3.63, 3.8) is 0 Å². The van der Waals surface area contributed by atoms with Crippen LogP contribution in [0.1, 0.15) is 19.8 Å². The molecule has 4 heteroatoms. The molecular weight excluding hydrogens is 193 g/mol. The second kappa shape index (κ2) is 3.88. The molecule has 15 heavy (non-hydrogen) atoms. The van der Waals surface area contributed by atoms with Crippen LogP contribution in [-0.2, 0) is 0 Å². The van der Waals surface area contributed by atoms with Gasteiger partial charge in [0.2, 0.25) is 0 Å². The highest BCUT2D eigenvalue weighted by atomic mass is 19.1. The fraction of sp³-hybridized carbons (Fsp3) is 0.364. The molecule has 0 aromatic heterocycles. The molecule has 0 fully saturated rings. The van der Waals surface area contributed by atoms with Crippen LogP contribution in [0.4, 0.5) is 10.1 Å². The molecule has 2 rings (SSSR count). The molecule has 0 amide bonds. The molecule has 1 aliphatic rings. The first-order valence-corrected chi connectivity index (χ1v) is 5.08. The number of anilines is 1. The second-order valence-electron chi connectivity index (χ2n) is 3.68. The molecule has 0 saturated heterocycles. The smallest absolute Gasteiger partial charge is 0.125 e. The summed E-state index contributed by atoms with van der Waals surface area (Å²) in [4.78, 5) is 0. The van der Waals surface area contributed by atoms with Gasteiger partial charge in [0.1, 0.15) is 11.7 Å². The molecule has 1 heterocycles. The molecule has 3 nitrogen and oxygen atoms in total. The average Bonchev–Trinajstić information content (AvgIpc) is 2.59. The van der Waals surface area contributed by atoms with E-state index in [-0.39, 0.29) is 11.9 Å². The van der Waals surface area contributed by atoms with Gasteiger partial charge in [0, 0.05) is 6.42 Å². The van der Waals surface area contributed by atoms with Crippen molar-refractivity contribution in [1.82, 2.24) is 0 Å². The van der Waals surface area contributed by atoms with Gasteiger partial charge in [0.05, 0.1) is 11.7 Å². The molecule has 80 valence electrons. The van der Waals surface area contributed by atoms with E-state index in [1.165, 1.54) is 12.1 Å². The van der Waals surface area contributed by atoms with Gasteiger partial charge in [-0.1, -0.05) is 13.0 Å². The topological polar surface area (TPSA) is 41.6 Å². The summed E-state index contributed by atoms with van der Waals surface area (Å²) < 4.78 is 13.0. The van der Waals surface area contributed by atoms with Crippen molar-refractivity contribution in [1.29, 1.82) is 0 Å². The van der Waals surface area contributed by atoms with Gasteiger partial charge < -0.3 is 5.73 Å². The highest BCUT2D eigenvalue weighted by Gasteiger charge is 2.24. The number of amidine groups is 1. The van der Waals surface area contributed by atoms with Crippen LogP contribution in [0.5, 0.6) is 0 Å². The zero-order chi connectivity index (χ0) is 10.8. The van der Waals surface area contributed by atoms with Crippen LogP contribution in [0.3, 0.4) is 0 Å². The molecule has 0 saturated carbocycles. The van der Waals surface area contributed by atoms with Gasteiger partial charge in [-0.3, -0.25) is 5.01 Å². The van der Waals surface area contributed by atoms with Crippen molar-refractivity contribution in [3.8, 4) is 0 Å². The molecule has 1 aliphatic heterocycles. The first kappa shape index (κ1) is 9.96. The van der Waals surface area contributed by atoms with E-state index in [0.29, 0.717) is 5.84 Å². The summed E-state index contributed by atoms with van der Waals surface area (Å²) in [7, 11) is 0. The Bertz CT molecular complexity index is 389. The Hall–Kier alpha value is -1.58. The lowest BCUT2D eigenvalue weighted by atomic mass is 10.1. The number of nitrogens with zero attached hydrogens (tertiary/aromatic N) is 2. The zero-order valence-electron chi connectivity index (χ0n) is 8.65. The molecule has 1 unspecified atom stereocenters. The lowest BCUT2D eigenvalue weighted by molar-refractivity contribution is 0.616. The van der Waals surface area contributed by atoms with Crippen LogP contribution in [0, 0.1) is 5.82 Å². The minimum atomic E-state index is -0.247. The maximum absolute atomic E-state index is 13.0. The third kappa shape index (κ3) is 1.93. The van der Waals surface area contributed by atoms with Gasteiger partial charge in [-0.15, -0.1) is 0 Å². The van der Waals surface area contributed by atoms with Crippen molar-refractivity contribution < 1.29 is 4.39 Å². The predicted molar refractivity (Wildman–Crippen MR) is 59.2 cm³/mol. The van der Waals surface area contributed by atoms with Crippen LogP contribution >= 0.6 is 0 Å². The summed E-state index contributed by atoms with van der Waals surface area (Å²) in [6, 6.07) is 6.68. The number of rotatable bonds is 2. The number of hydrogen-bond donors (Lipinski definition) is 1. The quantitative estimate of drug-likeness (QED) is 0.806. The summed E-state index contributed by atoms with van der Waals surface area (Å²) in [6.07, 6.45) is 1.70. The van der Waals surface area contributed by atoms with Gasteiger partial charge in [0.25, 0.3) is 0 Å². The summed E-state index contributed by atoms with van der Waals surface area (Å²) in [6.45, 7) is 2.07. The van der Waals surface area contributed by atoms with Gasteiger partial charge in [0.15, 0.2) is 0 Å². The minimum absolute atomic E-state index is 0.247. The Morgan fingerprint density at radius 2 is 2.40 bits per heavy atom. The van der Waals surface area contributed by atoms with E-state index in [1.54, 1.807) is 11.1 Å². The molecular formula is C11H14FN3. The Morgan fingerprint density at radius 1 is 1.60 bits per heavy atom. The van der Waals surface area contributed by atoms with E-state index in [9.17, 15) is 4.39 Å². The van der Waals surface area contributed by atoms with Gasteiger partial charge >= 0.3 is 0 Å². The summed E-state index contributed by atoms with van der Waals surface area (Å²) >= 11 is 0. The standard InChI is InChI=1S/C11H14FN3/c1-2-9-7-11(13)14-15(9)10-5-3-4-8(12)6-10/h3-6,9H,2,7H2,1H3,(H2,13,14). The molecule has 0 radical (unpaired) electrons. The van der Waals surface area contributed by atoms with E-state index in [2.05, 4.69) is 12.0 Å². The lowest BCUT2D eigenvalue weighted by Crippen LogP contribution is -2.25. The van der Waals surface area contributed by atoms with Crippen LogP contribution in [0.2, 0.25) is 0 Å². The third-order valence-electron chi connectivity index (χ3n) is 2.57. The van der Waals surface area contributed by atoms with E-state index in [1.807, 2.05) is 6.07 Å². The van der Waals surface area contributed by atoms with Crippen LogP contribution in [-0.4, -0.2) is 11.9 Å². The molecule has 1 aromatic carbocycles. The van der Waals surface area contributed by atoms with Gasteiger partial charge in [-0.2, -0.15) is 5.10 Å². The zero-order valence-corrected chi connectivity index (χ0v) is 8.65. The SMILES string of the molecule is CCC1CC(N)=NN1c1cccc(F)c1. The number of halogens is 1. The molecule has 1 aromatic rings. The third-order valence-corrected chi connectivity index (χ3v) is 2.57. The summed E-state index contributed by atoms with van der Waals surface area (Å²) in [5, 5.41) is 6.02. The van der Waals surface area contributed by atoms with Crippen molar-refractivity contribution in [3.05, 3.63) is 30.1 Å². The number of hydrogen-bond acceptors (Lipinski definition) is 3. The second-order valence-corrected chi connectivity index (χ2v) is 3.68. The Balaban J connectivity index is 2.29. The average molecular weight is 207 g/mol. The predicted octanol–water partition coefficient (Wildman–Crippen LogP) is 2.09. The molecule has 0 aliphatic carbocycles. The van der Waals surface area contributed by atoms with E-state index >= 15 is 0 Å².